The SMILES string of the molecule is O=C(CCNc1c2ccccc2nc2ccccc12)NCCC(=O)Oc1ccc([N+](=O)[O-])cc1. The number of ether oxygens (including phenoxy) is 1. The van der Waals surface area contributed by atoms with Crippen molar-refractivity contribution >= 4 is 45.1 Å². The monoisotopic (exact) mass is 458 g/mol. The Labute approximate surface area is 194 Å². The molecule has 3 aromatic carbocycles. The van der Waals surface area contributed by atoms with Crippen LogP contribution in [-0.4, -0.2) is 34.9 Å². The maximum absolute atomic E-state index is 12.2. The Morgan fingerprint density at radius 1 is 0.853 bits per heavy atom. The number of non-ortho nitro benzene ring substituents is 1. The van der Waals surface area contributed by atoms with Gasteiger partial charge in [-0.15, -0.1) is 0 Å². The highest BCUT2D eigenvalue weighted by Crippen LogP contribution is 2.30. The molecule has 0 unspecified atom stereocenters. The summed E-state index contributed by atoms with van der Waals surface area (Å²) in [6, 6.07) is 20.9. The lowest BCUT2D eigenvalue weighted by molar-refractivity contribution is -0.384. The van der Waals surface area contributed by atoms with Crippen molar-refractivity contribution in [1.29, 1.82) is 0 Å². The molecule has 1 aromatic heterocycles. The van der Waals surface area contributed by atoms with E-state index in [4.69, 9.17) is 4.74 Å². The first-order valence-corrected chi connectivity index (χ1v) is 10.7. The van der Waals surface area contributed by atoms with E-state index in [2.05, 4.69) is 15.6 Å². The van der Waals surface area contributed by atoms with E-state index in [-0.39, 0.29) is 36.7 Å². The summed E-state index contributed by atoms with van der Waals surface area (Å²) >= 11 is 0. The molecule has 0 aliphatic heterocycles. The second kappa shape index (κ2) is 10.4. The minimum absolute atomic E-state index is 0.0181. The van der Waals surface area contributed by atoms with E-state index < -0.39 is 10.9 Å². The van der Waals surface area contributed by atoms with Crippen LogP contribution in [0.5, 0.6) is 5.75 Å². The number of nitrogens with one attached hydrogen (secondary N) is 2. The minimum Gasteiger partial charge on any atom is -0.426 e. The highest BCUT2D eigenvalue weighted by Gasteiger charge is 2.11. The van der Waals surface area contributed by atoms with Crippen molar-refractivity contribution < 1.29 is 19.2 Å². The topological polar surface area (TPSA) is 123 Å². The molecule has 1 heterocycles. The molecular formula is C25H22N4O5. The average Bonchev–Trinajstić information content (AvgIpc) is 2.84. The molecule has 0 aliphatic rings. The Bertz CT molecular complexity index is 1300. The quantitative estimate of drug-likeness (QED) is 0.127. The van der Waals surface area contributed by atoms with E-state index in [0.717, 1.165) is 27.5 Å². The summed E-state index contributed by atoms with van der Waals surface area (Å²) in [6.45, 7) is 0.544. The predicted molar refractivity (Wildman–Crippen MR) is 129 cm³/mol. The number of aromatic nitrogens is 1. The van der Waals surface area contributed by atoms with Gasteiger partial charge in [0.15, 0.2) is 0 Å². The molecule has 34 heavy (non-hydrogen) atoms. The van der Waals surface area contributed by atoms with Gasteiger partial charge in [0.25, 0.3) is 5.69 Å². The molecule has 0 aliphatic carbocycles. The molecule has 172 valence electrons. The number of esters is 1. The van der Waals surface area contributed by atoms with Gasteiger partial charge in [-0.25, -0.2) is 4.98 Å². The van der Waals surface area contributed by atoms with Crippen LogP contribution in [0, 0.1) is 10.1 Å². The smallest absolute Gasteiger partial charge is 0.312 e. The van der Waals surface area contributed by atoms with Crippen molar-refractivity contribution in [3.63, 3.8) is 0 Å². The number of nitro groups is 1. The lowest BCUT2D eigenvalue weighted by atomic mass is 10.1. The molecule has 9 nitrogen and oxygen atoms in total. The first kappa shape index (κ1) is 22.7. The summed E-state index contributed by atoms with van der Waals surface area (Å²) in [6.07, 6.45) is 0.207. The summed E-state index contributed by atoms with van der Waals surface area (Å²) in [4.78, 5) is 39.0. The second-order valence-corrected chi connectivity index (χ2v) is 7.52. The highest BCUT2D eigenvalue weighted by atomic mass is 16.6. The summed E-state index contributed by atoms with van der Waals surface area (Å²) in [7, 11) is 0. The van der Waals surface area contributed by atoms with Crippen LogP contribution in [0.15, 0.2) is 72.8 Å². The Morgan fingerprint density at radius 3 is 2.09 bits per heavy atom. The van der Waals surface area contributed by atoms with Crippen molar-refractivity contribution in [2.24, 2.45) is 0 Å². The first-order chi connectivity index (χ1) is 16.5. The molecule has 2 N–H and O–H groups in total. The Morgan fingerprint density at radius 2 is 1.47 bits per heavy atom. The van der Waals surface area contributed by atoms with Gasteiger partial charge in [0.1, 0.15) is 5.75 Å². The van der Waals surface area contributed by atoms with Crippen LogP contribution in [0.1, 0.15) is 12.8 Å². The largest absolute Gasteiger partial charge is 0.426 e. The van der Waals surface area contributed by atoms with Crippen molar-refractivity contribution in [2.75, 3.05) is 18.4 Å². The van der Waals surface area contributed by atoms with Crippen LogP contribution in [0.3, 0.4) is 0 Å². The number of amides is 1. The van der Waals surface area contributed by atoms with Crippen molar-refractivity contribution in [3.8, 4) is 5.75 Å². The number of hydrogen-bond donors (Lipinski definition) is 2. The van der Waals surface area contributed by atoms with E-state index in [0.29, 0.717) is 6.54 Å². The number of pyridine rings is 1. The van der Waals surface area contributed by atoms with Crippen LogP contribution in [0.25, 0.3) is 21.8 Å². The molecule has 0 fully saturated rings. The summed E-state index contributed by atoms with van der Waals surface area (Å²) in [5.74, 6) is -0.525. The van der Waals surface area contributed by atoms with Crippen LogP contribution < -0.4 is 15.4 Å². The standard InChI is InChI=1S/C25H22N4O5/c30-23(26-16-14-24(31)34-18-11-9-17(10-12-18)29(32)33)13-15-27-25-19-5-1-3-7-21(19)28-22-8-4-2-6-20(22)25/h1-12H,13-16H2,(H,26,30)(H,27,28). The van der Waals surface area contributed by atoms with E-state index in [9.17, 15) is 19.7 Å². The lowest BCUT2D eigenvalue weighted by Gasteiger charge is -2.13. The number of anilines is 1. The molecular weight excluding hydrogens is 436 g/mol. The Balaban J connectivity index is 1.26. The minimum atomic E-state index is -0.540. The summed E-state index contributed by atoms with van der Waals surface area (Å²) in [5, 5.41) is 18.7. The lowest BCUT2D eigenvalue weighted by Crippen LogP contribution is -2.28. The molecule has 0 radical (unpaired) electrons. The predicted octanol–water partition coefficient (Wildman–Crippen LogP) is 4.21. The van der Waals surface area contributed by atoms with E-state index in [1.807, 2.05) is 48.5 Å². The fourth-order valence-electron chi connectivity index (χ4n) is 3.54. The van der Waals surface area contributed by atoms with Gasteiger partial charge < -0.3 is 15.4 Å². The number of nitrogens with zero attached hydrogens (tertiary/aromatic N) is 2. The maximum Gasteiger partial charge on any atom is 0.312 e. The molecule has 0 spiro atoms. The van der Waals surface area contributed by atoms with Gasteiger partial charge >= 0.3 is 5.97 Å². The van der Waals surface area contributed by atoms with E-state index >= 15 is 0 Å². The van der Waals surface area contributed by atoms with E-state index in [1.165, 1.54) is 24.3 Å². The number of hydrogen-bond acceptors (Lipinski definition) is 7. The van der Waals surface area contributed by atoms with Gasteiger partial charge in [0.05, 0.1) is 28.1 Å². The molecule has 9 heteroatoms. The maximum atomic E-state index is 12.2. The number of carbonyl (C=O) groups excluding carboxylic acids is 2. The summed E-state index contributed by atoms with van der Waals surface area (Å²) < 4.78 is 5.12. The zero-order chi connectivity index (χ0) is 23.9. The van der Waals surface area contributed by atoms with Gasteiger partial charge in [0, 0.05) is 42.4 Å². The molecule has 0 bridgehead atoms. The Hall–Kier alpha value is -4.53. The van der Waals surface area contributed by atoms with Crippen LogP contribution in [-0.2, 0) is 9.59 Å². The number of carbonyl (C=O) groups is 2. The number of benzene rings is 3. The molecule has 4 aromatic rings. The van der Waals surface area contributed by atoms with Crippen molar-refractivity contribution in [3.05, 3.63) is 82.9 Å². The number of rotatable bonds is 9. The zero-order valence-electron chi connectivity index (χ0n) is 18.2. The van der Waals surface area contributed by atoms with Gasteiger partial charge in [-0.3, -0.25) is 19.7 Å². The third-order valence-electron chi connectivity index (χ3n) is 5.17. The van der Waals surface area contributed by atoms with Crippen molar-refractivity contribution in [1.82, 2.24) is 10.3 Å². The number of nitro benzene ring substituents is 1. The molecule has 0 saturated heterocycles. The third kappa shape index (κ3) is 5.44. The number of fused-ring (bicyclic) bond motifs is 2. The normalized spacial score (nSPS) is 10.7. The Kier molecular flexibility index (Phi) is 6.92. The second-order valence-electron chi connectivity index (χ2n) is 7.52. The first-order valence-electron chi connectivity index (χ1n) is 10.7. The number of para-hydroxylation sites is 2. The third-order valence-corrected chi connectivity index (χ3v) is 5.17. The van der Waals surface area contributed by atoms with Crippen LogP contribution in [0.4, 0.5) is 11.4 Å². The van der Waals surface area contributed by atoms with Gasteiger partial charge in [0.2, 0.25) is 5.91 Å². The highest BCUT2D eigenvalue weighted by molar-refractivity contribution is 6.07. The molecule has 0 saturated carbocycles. The molecule has 0 atom stereocenters. The van der Waals surface area contributed by atoms with Crippen LogP contribution in [0.2, 0.25) is 0 Å². The van der Waals surface area contributed by atoms with Gasteiger partial charge in [-0.2, -0.15) is 0 Å². The molecule has 4 rings (SSSR count). The fourth-order valence-corrected chi connectivity index (χ4v) is 3.54. The summed E-state index contributed by atoms with van der Waals surface area (Å²) in [5.41, 5.74) is 2.59. The average molecular weight is 458 g/mol. The van der Waals surface area contributed by atoms with E-state index in [1.54, 1.807) is 0 Å². The van der Waals surface area contributed by atoms with Gasteiger partial charge in [-0.1, -0.05) is 36.4 Å². The van der Waals surface area contributed by atoms with Crippen molar-refractivity contribution in [2.45, 2.75) is 12.8 Å². The zero-order valence-corrected chi connectivity index (χ0v) is 18.2. The van der Waals surface area contributed by atoms with Crippen LogP contribution >= 0.6 is 0 Å². The van der Waals surface area contributed by atoms with Gasteiger partial charge in [-0.05, 0) is 24.3 Å². The molecule has 1 amide bonds. The fraction of sp³-hybridized carbons (Fsp3) is 0.160.